The average Bonchev–Trinajstić information content (AvgIpc) is 3.35. The van der Waals surface area contributed by atoms with Crippen molar-refractivity contribution in [2.45, 2.75) is 20.0 Å². The van der Waals surface area contributed by atoms with Crippen LogP contribution in [0.5, 0.6) is 0 Å². The van der Waals surface area contributed by atoms with E-state index >= 15 is 0 Å². The number of hydrogen-bond donors (Lipinski definition) is 0. The second-order valence-electron chi connectivity index (χ2n) is 5.19. The summed E-state index contributed by atoms with van der Waals surface area (Å²) in [7, 11) is 0. The van der Waals surface area contributed by atoms with Crippen LogP contribution in [0.15, 0.2) is 5.57 Å². The van der Waals surface area contributed by atoms with Crippen molar-refractivity contribution in [1.29, 1.82) is 5.26 Å². The summed E-state index contributed by atoms with van der Waals surface area (Å²) in [5, 5.41) is 17.2. The topological polar surface area (TPSA) is 94.2 Å². The first-order valence-electron chi connectivity index (χ1n) is 7.49. The second kappa shape index (κ2) is 9.34. The van der Waals surface area contributed by atoms with Crippen molar-refractivity contribution in [3.8, 4) is 6.07 Å². The maximum Gasteiger partial charge on any atom is 0.355 e. The molecule has 0 aromatic rings. The van der Waals surface area contributed by atoms with Crippen LogP contribution in [0, 0.1) is 11.3 Å². The highest BCUT2D eigenvalue weighted by molar-refractivity contribution is 6.02. The van der Waals surface area contributed by atoms with E-state index in [9.17, 15) is 4.79 Å². The predicted molar refractivity (Wildman–Crippen MR) is 80.1 cm³/mol. The van der Waals surface area contributed by atoms with Gasteiger partial charge < -0.3 is 24.1 Å². The van der Waals surface area contributed by atoms with Crippen LogP contribution in [0.25, 0.3) is 5.41 Å². The van der Waals surface area contributed by atoms with E-state index < -0.39 is 11.5 Å². The summed E-state index contributed by atoms with van der Waals surface area (Å²) in [6, 6.07) is 1.53. The Morgan fingerprint density at radius 3 is 2.50 bits per heavy atom. The first-order chi connectivity index (χ1) is 10.6. The third-order valence-electron chi connectivity index (χ3n) is 3.98. The molecule has 7 heteroatoms. The SMILES string of the molecule is CC[N+](CC)(CCOCC1CO1)CCOC(=O)C(=C=[N-])C#N. The van der Waals surface area contributed by atoms with E-state index in [-0.39, 0.29) is 12.7 Å². The van der Waals surface area contributed by atoms with Gasteiger partial charge in [-0.25, -0.2) is 10.7 Å². The fourth-order valence-electron chi connectivity index (χ4n) is 2.13. The number of nitrogens with zero attached hydrogens (tertiary/aromatic N) is 3. The van der Waals surface area contributed by atoms with Crippen molar-refractivity contribution < 1.29 is 23.5 Å². The standard InChI is InChI=1S/C15H23N3O4/c1-3-18(4-2,5-7-20-11-14-12-22-14)6-8-21-15(19)13(9-16)10-17/h14H,3-8,11-12H2,1-2H3. The van der Waals surface area contributed by atoms with Gasteiger partial charge in [-0.15, -0.1) is 0 Å². The van der Waals surface area contributed by atoms with E-state index in [1.807, 2.05) is 0 Å². The molecular formula is C15H23N3O4. The van der Waals surface area contributed by atoms with Gasteiger partial charge in [-0.2, -0.15) is 5.26 Å². The van der Waals surface area contributed by atoms with Crippen LogP contribution in [0.1, 0.15) is 13.8 Å². The number of carbonyl (C=O) groups excluding carboxylic acids is 1. The summed E-state index contributed by atoms with van der Waals surface area (Å²) in [4.78, 5) is 11.5. The van der Waals surface area contributed by atoms with Gasteiger partial charge in [0.15, 0.2) is 5.57 Å². The number of rotatable bonds is 11. The molecule has 0 aromatic heterocycles. The smallest absolute Gasteiger partial charge is 0.355 e. The fraction of sp³-hybridized carbons (Fsp3) is 0.733. The lowest BCUT2D eigenvalue weighted by Crippen LogP contribution is -2.52. The molecule has 122 valence electrons. The molecule has 0 spiro atoms. The molecule has 22 heavy (non-hydrogen) atoms. The van der Waals surface area contributed by atoms with E-state index in [1.54, 1.807) is 0 Å². The van der Waals surface area contributed by atoms with Crippen LogP contribution in [-0.2, 0) is 19.0 Å². The molecule has 0 amide bonds. The number of esters is 1. The number of likely N-dealkylation sites (N-methyl/N-ethyl adjacent to an activating group) is 1. The molecule has 1 atom stereocenters. The van der Waals surface area contributed by atoms with Gasteiger partial charge in [-0.05, 0) is 13.8 Å². The van der Waals surface area contributed by atoms with Crippen molar-refractivity contribution in [1.82, 2.24) is 0 Å². The van der Waals surface area contributed by atoms with Gasteiger partial charge in [0.25, 0.3) is 0 Å². The summed E-state index contributed by atoms with van der Waals surface area (Å²) in [6.07, 6.45) is 0.261. The summed E-state index contributed by atoms with van der Waals surface area (Å²) < 4.78 is 16.4. The number of nitriles is 1. The molecule has 7 nitrogen and oxygen atoms in total. The molecule has 0 aliphatic carbocycles. The lowest BCUT2D eigenvalue weighted by Gasteiger charge is -2.36. The summed E-state index contributed by atoms with van der Waals surface area (Å²) in [5.41, 5.74) is -0.515. The highest BCUT2D eigenvalue weighted by atomic mass is 16.6. The Labute approximate surface area is 131 Å². The van der Waals surface area contributed by atoms with E-state index in [4.69, 9.17) is 24.9 Å². The Bertz CT molecular complexity index is 458. The van der Waals surface area contributed by atoms with E-state index in [0.29, 0.717) is 19.8 Å². The van der Waals surface area contributed by atoms with Crippen LogP contribution in [0.2, 0.25) is 0 Å². The zero-order valence-electron chi connectivity index (χ0n) is 13.2. The Hall–Kier alpha value is -1.71. The van der Waals surface area contributed by atoms with Crippen molar-refractivity contribution in [2.24, 2.45) is 0 Å². The van der Waals surface area contributed by atoms with Gasteiger partial charge in [-0.1, -0.05) is 0 Å². The molecule has 1 aliphatic rings. The zero-order chi connectivity index (χ0) is 16.4. The van der Waals surface area contributed by atoms with Crippen molar-refractivity contribution >= 4 is 11.8 Å². The largest absolute Gasteiger partial charge is 0.762 e. The first kappa shape index (κ1) is 18.3. The molecule has 0 bridgehead atoms. The van der Waals surface area contributed by atoms with Crippen molar-refractivity contribution in [3.63, 3.8) is 0 Å². The normalized spacial score (nSPS) is 16.5. The van der Waals surface area contributed by atoms with Gasteiger partial charge in [0.1, 0.15) is 31.9 Å². The molecule has 0 saturated carbocycles. The van der Waals surface area contributed by atoms with E-state index in [2.05, 4.69) is 13.8 Å². The Balaban J connectivity index is 2.36. The number of carbonyl (C=O) groups is 1. The van der Waals surface area contributed by atoms with Gasteiger partial charge in [0, 0.05) is 0 Å². The molecule has 1 unspecified atom stereocenters. The van der Waals surface area contributed by atoms with Crippen LogP contribution in [-0.4, -0.2) is 75.0 Å². The minimum absolute atomic E-state index is 0.180. The Kier molecular flexibility index (Phi) is 7.78. The Morgan fingerprint density at radius 1 is 1.36 bits per heavy atom. The quantitative estimate of drug-likeness (QED) is 0.105. The van der Waals surface area contributed by atoms with Crippen LogP contribution in [0.3, 0.4) is 0 Å². The molecule has 1 saturated heterocycles. The molecule has 0 N–H and O–H groups in total. The molecular weight excluding hydrogens is 286 g/mol. The lowest BCUT2D eigenvalue weighted by molar-refractivity contribution is -0.925. The van der Waals surface area contributed by atoms with Crippen LogP contribution < -0.4 is 0 Å². The summed E-state index contributed by atoms with van der Waals surface area (Å²) in [6.45, 7) is 9.63. The van der Waals surface area contributed by atoms with Crippen molar-refractivity contribution in [2.75, 3.05) is 52.6 Å². The van der Waals surface area contributed by atoms with E-state index in [0.717, 1.165) is 30.7 Å². The van der Waals surface area contributed by atoms with Crippen LogP contribution >= 0.6 is 0 Å². The minimum Gasteiger partial charge on any atom is -0.762 e. The van der Waals surface area contributed by atoms with Gasteiger partial charge in [0.05, 0.1) is 32.9 Å². The van der Waals surface area contributed by atoms with Crippen LogP contribution in [0.4, 0.5) is 0 Å². The fourth-order valence-corrected chi connectivity index (χ4v) is 2.13. The monoisotopic (exact) mass is 309 g/mol. The number of ether oxygens (including phenoxy) is 3. The first-order valence-corrected chi connectivity index (χ1v) is 7.49. The van der Waals surface area contributed by atoms with Gasteiger partial charge in [-0.3, -0.25) is 0 Å². The molecule has 1 fully saturated rings. The molecule has 0 aromatic carbocycles. The highest BCUT2D eigenvalue weighted by Crippen LogP contribution is 2.10. The Morgan fingerprint density at radius 2 is 2.00 bits per heavy atom. The second-order valence-corrected chi connectivity index (χ2v) is 5.19. The molecule has 1 heterocycles. The maximum absolute atomic E-state index is 11.5. The molecule has 1 aliphatic heterocycles. The number of hydrogen-bond acceptors (Lipinski definition) is 5. The minimum atomic E-state index is -0.850. The van der Waals surface area contributed by atoms with E-state index in [1.165, 1.54) is 11.9 Å². The van der Waals surface area contributed by atoms with Crippen molar-refractivity contribution in [3.05, 3.63) is 11.0 Å². The number of quaternary nitrogens is 1. The summed E-state index contributed by atoms with van der Waals surface area (Å²) >= 11 is 0. The van der Waals surface area contributed by atoms with Gasteiger partial charge in [0.2, 0.25) is 0 Å². The molecule has 0 radical (unpaired) electrons. The summed E-state index contributed by atoms with van der Waals surface area (Å²) in [5.74, 6) is 0.680. The average molecular weight is 309 g/mol. The molecule has 1 rings (SSSR count). The lowest BCUT2D eigenvalue weighted by atomic mass is 10.3. The maximum atomic E-state index is 11.5. The highest BCUT2D eigenvalue weighted by Gasteiger charge is 2.26. The number of epoxide rings is 1. The van der Waals surface area contributed by atoms with Gasteiger partial charge >= 0.3 is 5.97 Å². The zero-order valence-corrected chi connectivity index (χ0v) is 13.2. The predicted octanol–water partition coefficient (Wildman–Crippen LogP) is 0.491. The third kappa shape index (κ3) is 5.96. The third-order valence-corrected chi connectivity index (χ3v) is 3.98.